The van der Waals surface area contributed by atoms with Crippen molar-refractivity contribution in [2.45, 2.75) is 51.0 Å². The van der Waals surface area contributed by atoms with E-state index in [9.17, 15) is 9.59 Å². The second kappa shape index (κ2) is 9.99. The molecule has 0 radical (unpaired) electrons. The van der Waals surface area contributed by atoms with E-state index in [-0.39, 0.29) is 11.8 Å². The van der Waals surface area contributed by atoms with Gasteiger partial charge in [0.1, 0.15) is 0 Å². The minimum atomic E-state index is 0.184. The van der Waals surface area contributed by atoms with Crippen molar-refractivity contribution in [3.05, 3.63) is 0 Å². The van der Waals surface area contributed by atoms with Crippen LogP contribution < -0.4 is 10.6 Å². The van der Waals surface area contributed by atoms with Gasteiger partial charge in [0.2, 0.25) is 11.8 Å². The molecule has 2 N–H and O–H groups in total. The zero-order valence-electron chi connectivity index (χ0n) is 15.4. The van der Waals surface area contributed by atoms with Crippen LogP contribution in [0.1, 0.15) is 44.9 Å². The number of amides is 2. The fourth-order valence-electron chi connectivity index (χ4n) is 3.58. The lowest BCUT2D eigenvalue weighted by Gasteiger charge is -2.32. The molecule has 2 aliphatic heterocycles. The zero-order valence-corrected chi connectivity index (χ0v) is 15.4. The van der Waals surface area contributed by atoms with Crippen molar-refractivity contribution in [3.63, 3.8) is 0 Å². The van der Waals surface area contributed by atoms with Gasteiger partial charge in [-0.2, -0.15) is 0 Å². The van der Waals surface area contributed by atoms with Gasteiger partial charge in [0.15, 0.2) is 0 Å². The molecule has 6 nitrogen and oxygen atoms in total. The normalized spacial score (nSPS) is 20.8. The number of piperidine rings is 2. The predicted molar refractivity (Wildman–Crippen MR) is 95.7 cm³/mol. The minimum absolute atomic E-state index is 0.184. The van der Waals surface area contributed by atoms with Crippen molar-refractivity contribution in [1.82, 2.24) is 20.4 Å². The van der Waals surface area contributed by atoms with E-state index in [2.05, 4.69) is 15.5 Å². The fourth-order valence-corrected chi connectivity index (χ4v) is 3.58. The Morgan fingerprint density at radius 3 is 2.38 bits per heavy atom. The lowest BCUT2D eigenvalue weighted by atomic mass is 9.93. The number of carbonyl (C=O) groups is 2. The van der Waals surface area contributed by atoms with E-state index in [1.165, 1.54) is 12.8 Å². The number of hydrogen-bond acceptors (Lipinski definition) is 4. The second-order valence-electron chi connectivity index (χ2n) is 7.45. The summed E-state index contributed by atoms with van der Waals surface area (Å²) in [5, 5.41) is 6.57. The van der Waals surface area contributed by atoms with Crippen LogP contribution >= 0.6 is 0 Å². The van der Waals surface area contributed by atoms with E-state index >= 15 is 0 Å². The topological polar surface area (TPSA) is 64.7 Å². The molecular weight excluding hydrogens is 304 g/mol. The van der Waals surface area contributed by atoms with Crippen molar-refractivity contribution < 1.29 is 9.59 Å². The molecule has 0 bridgehead atoms. The van der Waals surface area contributed by atoms with Gasteiger partial charge in [-0.05, 0) is 51.1 Å². The quantitative estimate of drug-likeness (QED) is 0.721. The van der Waals surface area contributed by atoms with Gasteiger partial charge in [0.05, 0.1) is 0 Å². The zero-order chi connectivity index (χ0) is 17.4. The first-order chi connectivity index (χ1) is 11.5. The summed E-state index contributed by atoms with van der Waals surface area (Å²) in [7, 11) is 3.60. The summed E-state index contributed by atoms with van der Waals surface area (Å²) in [6.07, 6.45) is 6.68. The van der Waals surface area contributed by atoms with Crippen molar-refractivity contribution >= 4 is 11.8 Å². The molecule has 0 spiro atoms. The van der Waals surface area contributed by atoms with E-state index in [1.54, 1.807) is 19.0 Å². The first-order valence-corrected chi connectivity index (χ1v) is 9.47. The third-order valence-corrected chi connectivity index (χ3v) is 5.33. The summed E-state index contributed by atoms with van der Waals surface area (Å²) in [6, 6.07) is 0.311. The number of nitrogens with one attached hydrogen (secondary N) is 2. The highest BCUT2D eigenvalue weighted by molar-refractivity contribution is 5.76. The molecule has 0 aromatic carbocycles. The minimum Gasteiger partial charge on any atom is -0.353 e. The maximum absolute atomic E-state index is 12.1. The van der Waals surface area contributed by atoms with Gasteiger partial charge in [-0.1, -0.05) is 0 Å². The largest absolute Gasteiger partial charge is 0.353 e. The van der Waals surface area contributed by atoms with Crippen LogP contribution in [0.25, 0.3) is 0 Å². The van der Waals surface area contributed by atoms with Gasteiger partial charge >= 0.3 is 0 Å². The Kier molecular flexibility index (Phi) is 7.99. The second-order valence-corrected chi connectivity index (χ2v) is 7.45. The highest BCUT2D eigenvalue weighted by Gasteiger charge is 2.22. The van der Waals surface area contributed by atoms with Crippen molar-refractivity contribution in [3.8, 4) is 0 Å². The molecule has 2 fully saturated rings. The average Bonchev–Trinajstić information content (AvgIpc) is 2.60. The van der Waals surface area contributed by atoms with Crippen LogP contribution in [0.15, 0.2) is 0 Å². The van der Waals surface area contributed by atoms with E-state index in [0.29, 0.717) is 24.8 Å². The van der Waals surface area contributed by atoms with Crippen LogP contribution in [-0.2, 0) is 9.59 Å². The maximum atomic E-state index is 12.1. The Labute approximate surface area is 146 Å². The molecule has 24 heavy (non-hydrogen) atoms. The Balaban J connectivity index is 1.56. The average molecular weight is 338 g/mol. The summed E-state index contributed by atoms with van der Waals surface area (Å²) in [6.45, 7) is 4.97. The number of likely N-dealkylation sites (tertiary alicyclic amines) is 1. The molecule has 2 saturated heterocycles. The van der Waals surface area contributed by atoms with Gasteiger partial charge in [0.25, 0.3) is 0 Å². The Morgan fingerprint density at radius 1 is 1.08 bits per heavy atom. The summed E-state index contributed by atoms with van der Waals surface area (Å²) in [4.78, 5) is 27.8. The first-order valence-electron chi connectivity index (χ1n) is 9.47. The molecule has 138 valence electrons. The van der Waals surface area contributed by atoms with E-state index in [0.717, 1.165) is 52.0 Å². The highest BCUT2D eigenvalue weighted by atomic mass is 16.2. The number of rotatable bonds is 7. The molecule has 6 heteroatoms. The van der Waals surface area contributed by atoms with Crippen LogP contribution in [0.3, 0.4) is 0 Å². The van der Waals surface area contributed by atoms with Gasteiger partial charge in [-0.25, -0.2) is 0 Å². The number of hydrogen-bond donors (Lipinski definition) is 2. The van der Waals surface area contributed by atoms with Crippen LogP contribution in [0.5, 0.6) is 0 Å². The maximum Gasteiger partial charge on any atom is 0.223 e. The molecule has 0 aliphatic carbocycles. The van der Waals surface area contributed by atoms with Crippen molar-refractivity contribution in [2.24, 2.45) is 5.92 Å². The monoisotopic (exact) mass is 338 g/mol. The van der Waals surface area contributed by atoms with Crippen LogP contribution in [-0.4, -0.2) is 74.5 Å². The summed E-state index contributed by atoms with van der Waals surface area (Å²) in [5.74, 6) is 1.12. The van der Waals surface area contributed by atoms with Gasteiger partial charge in [-0.15, -0.1) is 0 Å². The molecule has 0 saturated carbocycles. The summed E-state index contributed by atoms with van der Waals surface area (Å²) in [5.41, 5.74) is 0. The highest BCUT2D eigenvalue weighted by Crippen LogP contribution is 2.18. The molecule has 2 rings (SSSR count). The predicted octanol–water partition coefficient (Wildman–Crippen LogP) is 0.825. The fraction of sp³-hybridized carbons (Fsp3) is 0.889. The van der Waals surface area contributed by atoms with Gasteiger partial charge in [-0.3, -0.25) is 9.59 Å². The lowest BCUT2D eigenvalue weighted by Crippen LogP contribution is -2.45. The summed E-state index contributed by atoms with van der Waals surface area (Å²) < 4.78 is 0. The molecule has 2 amide bonds. The molecule has 0 aromatic heterocycles. The molecule has 0 aromatic rings. The van der Waals surface area contributed by atoms with Crippen LogP contribution in [0.2, 0.25) is 0 Å². The smallest absolute Gasteiger partial charge is 0.223 e. The standard InChI is InChI=1S/C18H34N4O2/c1-21(2)18(24)9-14-22-12-7-16(8-13-22)20-17(23)4-3-15-5-10-19-11-6-15/h15-16,19H,3-14H2,1-2H3,(H,20,23). The Hall–Kier alpha value is -1.14. The van der Waals surface area contributed by atoms with Crippen LogP contribution in [0, 0.1) is 5.92 Å². The molecule has 2 aliphatic rings. The van der Waals surface area contributed by atoms with E-state index in [1.807, 2.05) is 0 Å². The molecule has 2 heterocycles. The third-order valence-electron chi connectivity index (χ3n) is 5.33. The van der Waals surface area contributed by atoms with E-state index in [4.69, 9.17) is 0 Å². The Bertz CT molecular complexity index is 400. The van der Waals surface area contributed by atoms with Crippen LogP contribution in [0.4, 0.5) is 0 Å². The van der Waals surface area contributed by atoms with Crippen molar-refractivity contribution in [2.75, 3.05) is 46.8 Å². The lowest BCUT2D eigenvalue weighted by molar-refractivity contribution is -0.129. The SMILES string of the molecule is CN(C)C(=O)CCN1CCC(NC(=O)CCC2CCNCC2)CC1. The number of carbonyl (C=O) groups excluding carboxylic acids is 2. The van der Waals surface area contributed by atoms with E-state index < -0.39 is 0 Å². The number of nitrogens with zero attached hydrogens (tertiary/aromatic N) is 2. The third kappa shape index (κ3) is 6.77. The molecule has 0 unspecified atom stereocenters. The van der Waals surface area contributed by atoms with Gasteiger partial charge in [0, 0.05) is 52.6 Å². The van der Waals surface area contributed by atoms with Gasteiger partial charge < -0.3 is 20.4 Å². The van der Waals surface area contributed by atoms with Crippen molar-refractivity contribution in [1.29, 1.82) is 0 Å². The Morgan fingerprint density at radius 2 is 1.75 bits per heavy atom. The summed E-state index contributed by atoms with van der Waals surface area (Å²) >= 11 is 0. The molecule has 0 atom stereocenters. The molecular formula is C18H34N4O2. The first kappa shape index (κ1) is 19.2.